The average Bonchev–Trinajstić information content (AvgIpc) is 2.82. The second kappa shape index (κ2) is 2.99. The van der Waals surface area contributed by atoms with Crippen molar-refractivity contribution in [3.8, 4) is 5.75 Å². The van der Waals surface area contributed by atoms with Gasteiger partial charge in [-0.15, -0.1) is 0 Å². The van der Waals surface area contributed by atoms with Gasteiger partial charge in [-0.2, -0.15) is 0 Å². The molecule has 78 valence electrons. The molecule has 0 fully saturated rings. The van der Waals surface area contributed by atoms with Crippen LogP contribution in [0, 0.1) is 0 Å². The first kappa shape index (κ1) is 8.77. The quantitative estimate of drug-likeness (QED) is 0.757. The van der Waals surface area contributed by atoms with E-state index in [0.717, 1.165) is 36.1 Å². The molecule has 0 spiro atoms. The number of rotatable bonds is 1. The van der Waals surface area contributed by atoms with Crippen molar-refractivity contribution in [2.45, 2.75) is 25.2 Å². The molecule has 3 rings (SSSR count). The second-order valence-corrected chi connectivity index (χ2v) is 4.14. The van der Waals surface area contributed by atoms with Gasteiger partial charge >= 0.3 is 5.97 Å². The zero-order chi connectivity index (χ0) is 10.4. The molecule has 3 heteroatoms. The van der Waals surface area contributed by atoms with Gasteiger partial charge in [-0.3, -0.25) is 4.79 Å². The molecule has 1 aromatic carbocycles. The monoisotopic (exact) mass is 204 g/mol. The first-order valence-electron chi connectivity index (χ1n) is 5.27. The van der Waals surface area contributed by atoms with Gasteiger partial charge in [-0.25, -0.2) is 0 Å². The Morgan fingerprint density at radius 3 is 3.07 bits per heavy atom. The fraction of sp³-hybridized carbons (Fsp3) is 0.417. The number of carboxylic acid groups (broad SMARTS) is 1. The van der Waals surface area contributed by atoms with Crippen molar-refractivity contribution in [1.29, 1.82) is 0 Å². The van der Waals surface area contributed by atoms with Crippen molar-refractivity contribution in [2.75, 3.05) is 6.61 Å². The van der Waals surface area contributed by atoms with Gasteiger partial charge in [0.25, 0.3) is 0 Å². The number of hydrogen-bond acceptors (Lipinski definition) is 2. The van der Waals surface area contributed by atoms with Crippen molar-refractivity contribution < 1.29 is 14.6 Å². The number of carbonyl (C=O) groups is 1. The lowest BCUT2D eigenvalue weighted by Crippen LogP contribution is -2.09. The van der Waals surface area contributed by atoms with Crippen molar-refractivity contribution in [1.82, 2.24) is 0 Å². The number of hydrogen-bond donors (Lipinski definition) is 1. The zero-order valence-corrected chi connectivity index (χ0v) is 8.32. The van der Waals surface area contributed by atoms with Gasteiger partial charge in [0.15, 0.2) is 0 Å². The van der Waals surface area contributed by atoms with E-state index in [4.69, 9.17) is 9.84 Å². The van der Waals surface area contributed by atoms with E-state index in [0.29, 0.717) is 6.61 Å². The molecule has 15 heavy (non-hydrogen) atoms. The molecule has 0 bridgehead atoms. The molecule has 0 aromatic heterocycles. The Kier molecular flexibility index (Phi) is 1.75. The van der Waals surface area contributed by atoms with Crippen molar-refractivity contribution in [3.05, 3.63) is 28.8 Å². The van der Waals surface area contributed by atoms with Crippen LogP contribution in [0.1, 0.15) is 29.0 Å². The first-order chi connectivity index (χ1) is 7.27. The van der Waals surface area contributed by atoms with Crippen LogP contribution in [-0.4, -0.2) is 17.7 Å². The van der Waals surface area contributed by atoms with Gasteiger partial charge in [0.2, 0.25) is 0 Å². The van der Waals surface area contributed by atoms with Crippen molar-refractivity contribution >= 4 is 5.97 Å². The summed E-state index contributed by atoms with van der Waals surface area (Å²) >= 11 is 0. The molecule has 0 unspecified atom stereocenters. The number of fused-ring (bicyclic) bond motifs is 3. The summed E-state index contributed by atoms with van der Waals surface area (Å²) in [6.07, 6.45) is 2.49. The molecule has 1 heterocycles. The summed E-state index contributed by atoms with van der Waals surface area (Å²) in [6.45, 7) is 0.693. The highest BCUT2D eigenvalue weighted by molar-refractivity contribution is 5.79. The predicted molar refractivity (Wildman–Crippen MR) is 54.3 cm³/mol. The molecule has 1 aromatic rings. The highest BCUT2D eigenvalue weighted by Gasteiger charge is 2.33. The summed E-state index contributed by atoms with van der Waals surface area (Å²) in [5, 5.41) is 9.15. The molecule has 1 aliphatic heterocycles. The third-order valence-electron chi connectivity index (χ3n) is 3.36. The zero-order valence-electron chi connectivity index (χ0n) is 8.32. The van der Waals surface area contributed by atoms with E-state index in [9.17, 15) is 4.79 Å². The van der Waals surface area contributed by atoms with Crippen LogP contribution in [-0.2, 0) is 17.6 Å². The number of aryl methyl sites for hydroxylation is 1. The van der Waals surface area contributed by atoms with Crippen LogP contribution in [0.4, 0.5) is 0 Å². The van der Waals surface area contributed by atoms with Crippen LogP contribution in [0.25, 0.3) is 0 Å². The Bertz CT molecular complexity index is 437. The number of ether oxygens (including phenoxy) is 1. The SMILES string of the molecule is O=C(O)[C@@H]1CCc2ccc3c(c21)CCO3. The Hall–Kier alpha value is -1.51. The fourth-order valence-electron chi connectivity index (χ4n) is 2.69. The van der Waals surface area contributed by atoms with Gasteiger partial charge in [0.05, 0.1) is 12.5 Å². The molecule has 1 atom stereocenters. The predicted octanol–water partition coefficient (Wildman–Crippen LogP) is 1.74. The summed E-state index contributed by atoms with van der Waals surface area (Å²) in [5.74, 6) is -0.118. The minimum absolute atomic E-state index is 0.309. The average molecular weight is 204 g/mol. The Morgan fingerprint density at radius 2 is 2.27 bits per heavy atom. The first-order valence-corrected chi connectivity index (χ1v) is 5.27. The van der Waals surface area contributed by atoms with Crippen LogP contribution in [0.5, 0.6) is 5.75 Å². The van der Waals surface area contributed by atoms with E-state index in [-0.39, 0.29) is 5.92 Å². The van der Waals surface area contributed by atoms with Gasteiger partial charge < -0.3 is 9.84 Å². The molecule has 3 nitrogen and oxygen atoms in total. The highest BCUT2D eigenvalue weighted by Crippen LogP contribution is 2.41. The van der Waals surface area contributed by atoms with E-state index in [1.165, 1.54) is 5.56 Å². The van der Waals surface area contributed by atoms with E-state index >= 15 is 0 Å². The van der Waals surface area contributed by atoms with Crippen LogP contribution in [0.3, 0.4) is 0 Å². The minimum Gasteiger partial charge on any atom is -0.493 e. The minimum atomic E-state index is -0.700. The van der Waals surface area contributed by atoms with E-state index < -0.39 is 5.97 Å². The second-order valence-electron chi connectivity index (χ2n) is 4.14. The maximum atomic E-state index is 11.1. The van der Waals surface area contributed by atoms with Crippen molar-refractivity contribution in [3.63, 3.8) is 0 Å². The fourth-order valence-corrected chi connectivity index (χ4v) is 2.69. The third kappa shape index (κ3) is 1.16. The molecule has 0 saturated carbocycles. The summed E-state index contributed by atoms with van der Waals surface area (Å²) in [4.78, 5) is 11.1. The largest absolute Gasteiger partial charge is 0.493 e. The smallest absolute Gasteiger partial charge is 0.311 e. The van der Waals surface area contributed by atoms with E-state index in [1.807, 2.05) is 12.1 Å². The Labute approximate surface area is 87.7 Å². The van der Waals surface area contributed by atoms with Crippen molar-refractivity contribution in [2.24, 2.45) is 0 Å². The molecule has 1 N–H and O–H groups in total. The van der Waals surface area contributed by atoms with E-state index in [1.54, 1.807) is 0 Å². The molecule has 2 aliphatic rings. The van der Waals surface area contributed by atoms with E-state index in [2.05, 4.69) is 0 Å². The third-order valence-corrected chi connectivity index (χ3v) is 3.36. The molecule has 1 aliphatic carbocycles. The van der Waals surface area contributed by atoms with Gasteiger partial charge in [-0.05, 0) is 30.0 Å². The van der Waals surface area contributed by atoms with Crippen LogP contribution < -0.4 is 4.74 Å². The van der Waals surface area contributed by atoms with Gasteiger partial charge in [0, 0.05) is 12.0 Å². The highest BCUT2D eigenvalue weighted by atomic mass is 16.5. The molecular formula is C12H12O3. The molecule has 0 radical (unpaired) electrons. The number of aliphatic carboxylic acids is 1. The lowest BCUT2D eigenvalue weighted by atomic mass is 9.94. The van der Waals surface area contributed by atoms with Crippen LogP contribution >= 0.6 is 0 Å². The molecule has 0 amide bonds. The lowest BCUT2D eigenvalue weighted by molar-refractivity contribution is -0.138. The summed E-state index contributed by atoms with van der Waals surface area (Å²) < 4.78 is 5.46. The topological polar surface area (TPSA) is 46.5 Å². The lowest BCUT2D eigenvalue weighted by Gasteiger charge is -2.10. The molecular weight excluding hydrogens is 192 g/mol. The van der Waals surface area contributed by atoms with Crippen LogP contribution in [0.15, 0.2) is 12.1 Å². The maximum Gasteiger partial charge on any atom is 0.311 e. The molecule has 0 saturated heterocycles. The Balaban J connectivity index is 2.17. The summed E-state index contributed by atoms with van der Waals surface area (Å²) in [5.41, 5.74) is 3.38. The Morgan fingerprint density at radius 1 is 1.40 bits per heavy atom. The normalized spacial score (nSPS) is 22.0. The summed E-state index contributed by atoms with van der Waals surface area (Å²) in [7, 11) is 0. The number of benzene rings is 1. The standard InChI is InChI=1S/C12H12O3/c13-12(14)9-3-1-7-2-4-10-8(11(7)9)5-6-15-10/h2,4,9H,1,3,5-6H2,(H,13,14)/t9-/m1/s1. The van der Waals surface area contributed by atoms with Gasteiger partial charge in [-0.1, -0.05) is 6.07 Å². The number of carboxylic acids is 1. The van der Waals surface area contributed by atoms with Crippen LogP contribution in [0.2, 0.25) is 0 Å². The summed E-state index contributed by atoms with van der Waals surface area (Å²) in [6, 6.07) is 3.99. The van der Waals surface area contributed by atoms with Gasteiger partial charge in [0.1, 0.15) is 5.75 Å². The maximum absolute atomic E-state index is 11.1.